The maximum atomic E-state index is 11.5. The minimum Gasteiger partial charge on any atom is -0.481 e. The van der Waals surface area contributed by atoms with Gasteiger partial charge in [0.2, 0.25) is 5.91 Å². The van der Waals surface area contributed by atoms with Crippen molar-refractivity contribution in [2.45, 2.75) is 45.1 Å². The van der Waals surface area contributed by atoms with Gasteiger partial charge < -0.3 is 19.9 Å². The summed E-state index contributed by atoms with van der Waals surface area (Å²) in [5.74, 6) is -1.57. The number of hydrogen-bond donors (Lipinski definition) is 2. The number of benzene rings is 1. The maximum Gasteiger partial charge on any atom is 0.311 e. The number of hydrogen-bond acceptors (Lipinski definition) is 4. The van der Waals surface area contributed by atoms with E-state index in [2.05, 4.69) is 5.32 Å². The number of aliphatic carboxylic acids is 1. The molecule has 2 rings (SSSR count). The summed E-state index contributed by atoms with van der Waals surface area (Å²) in [5, 5.41) is 12.3. The maximum absolute atomic E-state index is 11.5. The van der Waals surface area contributed by atoms with E-state index in [-0.39, 0.29) is 5.91 Å². The van der Waals surface area contributed by atoms with Gasteiger partial charge in [-0.05, 0) is 17.5 Å². The first kappa shape index (κ1) is 21.1. The number of amides is 1. The van der Waals surface area contributed by atoms with E-state index in [4.69, 9.17) is 9.47 Å². The Hall–Kier alpha value is -1.92. The largest absolute Gasteiger partial charge is 0.481 e. The molecule has 0 spiro atoms. The molecule has 1 heterocycles. The SMILES string of the molecule is CC.COCCC(C(=O)O)c1ccc(C2(NC(C)=O)CCOC2)cc1. The predicted molar refractivity (Wildman–Crippen MR) is 95.6 cm³/mol. The van der Waals surface area contributed by atoms with Gasteiger partial charge in [-0.25, -0.2) is 0 Å². The fourth-order valence-electron chi connectivity index (χ4n) is 3.00. The fraction of sp³-hybridized carbons (Fsp3) is 0.579. The quantitative estimate of drug-likeness (QED) is 0.789. The molecule has 2 atom stereocenters. The Balaban J connectivity index is 0.00000151. The molecule has 6 nitrogen and oxygen atoms in total. The number of carbonyl (C=O) groups excluding carboxylic acids is 1. The third kappa shape index (κ3) is 5.54. The van der Waals surface area contributed by atoms with Crippen LogP contribution in [0, 0.1) is 0 Å². The summed E-state index contributed by atoms with van der Waals surface area (Å²) in [5.41, 5.74) is 1.15. The van der Waals surface area contributed by atoms with Crippen LogP contribution in [0.5, 0.6) is 0 Å². The van der Waals surface area contributed by atoms with Gasteiger partial charge in [0, 0.05) is 33.7 Å². The number of rotatable bonds is 7. The lowest BCUT2D eigenvalue weighted by molar-refractivity contribution is -0.139. The van der Waals surface area contributed by atoms with Gasteiger partial charge in [-0.3, -0.25) is 9.59 Å². The highest BCUT2D eigenvalue weighted by Gasteiger charge is 2.37. The third-order valence-electron chi connectivity index (χ3n) is 4.21. The van der Waals surface area contributed by atoms with E-state index in [0.29, 0.717) is 32.7 Å². The number of ether oxygens (including phenoxy) is 2. The lowest BCUT2D eigenvalue weighted by atomic mass is 9.86. The molecular weight excluding hydrogens is 322 g/mol. The first-order chi connectivity index (χ1) is 12.0. The molecule has 1 amide bonds. The Labute approximate surface area is 149 Å². The van der Waals surface area contributed by atoms with Gasteiger partial charge in [-0.2, -0.15) is 0 Å². The molecule has 0 bridgehead atoms. The molecule has 2 N–H and O–H groups in total. The van der Waals surface area contributed by atoms with Gasteiger partial charge in [0.05, 0.1) is 18.1 Å². The van der Waals surface area contributed by atoms with E-state index < -0.39 is 17.4 Å². The second kappa shape index (κ2) is 10.2. The second-order valence-corrected chi connectivity index (χ2v) is 5.86. The van der Waals surface area contributed by atoms with Gasteiger partial charge in [-0.1, -0.05) is 38.1 Å². The van der Waals surface area contributed by atoms with E-state index >= 15 is 0 Å². The van der Waals surface area contributed by atoms with Crippen molar-refractivity contribution in [1.82, 2.24) is 5.32 Å². The summed E-state index contributed by atoms with van der Waals surface area (Å²) >= 11 is 0. The molecule has 6 heteroatoms. The first-order valence-electron chi connectivity index (χ1n) is 8.67. The zero-order chi connectivity index (χ0) is 18.9. The highest BCUT2D eigenvalue weighted by Crippen LogP contribution is 2.32. The summed E-state index contributed by atoms with van der Waals surface area (Å²) in [6.07, 6.45) is 1.13. The number of carboxylic acids is 1. The highest BCUT2D eigenvalue weighted by molar-refractivity contribution is 5.76. The standard InChI is InChI=1S/C17H23NO5.C2H6/c1-12(19)18-17(8-10-23-11-17)14-5-3-13(4-6-14)15(16(20)21)7-9-22-2;1-2/h3-6,15H,7-11H2,1-2H3,(H,18,19)(H,20,21);1-2H3. The Morgan fingerprint density at radius 1 is 1.32 bits per heavy atom. The summed E-state index contributed by atoms with van der Waals surface area (Å²) in [6.45, 7) is 6.90. The van der Waals surface area contributed by atoms with Crippen molar-refractivity contribution in [2.24, 2.45) is 0 Å². The molecule has 0 aliphatic carbocycles. The van der Waals surface area contributed by atoms with Crippen LogP contribution in [0.1, 0.15) is 50.7 Å². The molecule has 1 aromatic rings. The summed E-state index contributed by atoms with van der Waals surface area (Å²) < 4.78 is 10.4. The molecule has 1 aromatic carbocycles. The number of carbonyl (C=O) groups is 2. The van der Waals surface area contributed by atoms with E-state index in [1.54, 1.807) is 7.11 Å². The number of methoxy groups -OCH3 is 1. The molecule has 25 heavy (non-hydrogen) atoms. The van der Waals surface area contributed by atoms with Crippen molar-refractivity contribution in [3.63, 3.8) is 0 Å². The van der Waals surface area contributed by atoms with Crippen molar-refractivity contribution in [3.8, 4) is 0 Å². The zero-order valence-electron chi connectivity index (χ0n) is 15.5. The van der Waals surface area contributed by atoms with Crippen LogP contribution < -0.4 is 5.32 Å². The van der Waals surface area contributed by atoms with E-state index in [9.17, 15) is 14.7 Å². The average Bonchev–Trinajstić information content (AvgIpc) is 3.06. The van der Waals surface area contributed by atoms with Gasteiger partial charge in [0.1, 0.15) is 0 Å². The fourth-order valence-corrected chi connectivity index (χ4v) is 3.00. The summed E-state index contributed by atoms with van der Waals surface area (Å²) in [4.78, 5) is 22.9. The lowest BCUT2D eigenvalue weighted by Gasteiger charge is -2.29. The average molecular weight is 351 g/mol. The van der Waals surface area contributed by atoms with Crippen molar-refractivity contribution in [3.05, 3.63) is 35.4 Å². The molecule has 1 saturated heterocycles. The third-order valence-corrected chi connectivity index (χ3v) is 4.21. The van der Waals surface area contributed by atoms with Crippen LogP contribution in [-0.2, 0) is 24.6 Å². The zero-order valence-corrected chi connectivity index (χ0v) is 15.5. The molecule has 1 aliphatic rings. The number of carboxylic acid groups (broad SMARTS) is 1. The molecular formula is C19H29NO5. The van der Waals surface area contributed by atoms with E-state index in [0.717, 1.165) is 11.1 Å². The van der Waals surface area contributed by atoms with Crippen molar-refractivity contribution < 1.29 is 24.2 Å². The molecule has 2 unspecified atom stereocenters. The molecule has 140 valence electrons. The van der Waals surface area contributed by atoms with Crippen molar-refractivity contribution >= 4 is 11.9 Å². The molecule has 0 radical (unpaired) electrons. The summed E-state index contributed by atoms with van der Waals surface area (Å²) in [7, 11) is 1.55. The summed E-state index contributed by atoms with van der Waals surface area (Å²) in [6, 6.07) is 7.38. The second-order valence-electron chi connectivity index (χ2n) is 5.86. The van der Waals surface area contributed by atoms with Crippen LogP contribution in [0.25, 0.3) is 0 Å². The Bertz CT molecular complexity index is 549. The smallest absolute Gasteiger partial charge is 0.311 e. The Morgan fingerprint density at radius 3 is 2.40 bits per heavy atom. The monoisotopic (exact) mass is 351 g/mol. The number of nitrogens with one attached hydrogen (secondary N) is 1. The molecule has 0 saturated carbocycles. The highest BCUT2D eigenvalue weighted by atomic mass is 16.5. The van der Waals surface area contributed by atoms with E-state index in [1.807, 2.05) is 38.1 Å². The molecule has 0 aromatic heterocycles. The first-order valence-corrected chi connectivity index (χ1v) is 8.67. The molecule has 1 aliphatic heterocycles. The van der Waals surface area contributed by atoms with Crippen LogP contribution in [0.15, 0.2) is 24.3 Å². The van der Waals surface area contributed by atoms with Gasteiger partial charge in [-0.15, -0.1) is 0 Å². The van der Waals surface area contributed by atoms with Crippen LogP contribution in [0.2, 0.25) is 0 Å². The lowest BCUT2D eigenvalue weighted by Crippen LogP contribution is -2.45. The molecule has 1 fully saturated rings. The van der Waals surface area contributed by atoms with Crippen molar-refractivity contribution in [2.75, 3.05) is 26.9 Å². The predicted octanol–water partition coefficient (Wildman–Crippen LogP) is 2.67. The Morgan fingerprint density at radius 2 is 1.96 bits per heavy atom. The van der Waals surface area contributed by atoms with Crippen molar-refractivity contribution in [1.29, 1.82) is 0 Å². The Kier molecular flexibility index (Phi) is 8.58. The van der Waals surface area contributed by atoms with Crippen LogP contribution in [0.3, 0.4) is 0 Å². The minimum atomic E-state index is -0.865. The minimum absolute atomic E-state index is 0.108. The van der Waals surface area contributed by atoms with Gasteiger partial charge >= 0.3 is 5.97 Å². The van der Waals surface area contributed by atoms with Crippen LogP contribution >= 0.6 is 0 Å². The van der Waals surface area contributed by atoms with Gasteiger partial charge in [0.25, 0.3) is 0 Å². The van der Waals surface area contributed by atoms with Gasteiger partial charge in [0.15, 0.2) is 0 Å². The topological polar surface area (TPSA) is 84.9 Å². The van der Waals surface area contributed by atoms with Crippen LogP contribution in [-0.4, -0.2) is 43.9 Å². The van der Waals surface area contributed by atoms with E-state index in [1.165, 1.54) is 6.92 Å². The normalized spacial score (nSPS) is 20.3. The van der Waals surface area contributed by atoms with Crippen LogP contribution in [0.4, 0.5) is 0 Å².